The van der Waals surface area contributed by atoms with Gasteiger partial charge in [0.05, 0.1) is 11.9 Å². The van der Waals surface area contributed by atoms with Crippen molar-refractivity contribution in [2.24, 2.45) is 0 Å². The quantitative estimate of drug-likeness (QED) is 0.760. The van der Waals surface area contributed by atoms with E-state index in [4.69, 9.17) is 5.10 Å². The maximum atomic E-state index is 12.3. The van der Waals surface area contributed by atoms with Gasteiger partial charge in [0.15, 0.2) is 5.82 Å². The third-order valence-electron chi connectivity index (χ3n) is 5.31. The number of hydrogen-bond acceptors (Lipinski definition) is 6. The van der Waals surface area contributed by atoms with Crippen molar-refractivity contribution in [1.82, 2.24) is 29.9 Å². The molecule has 8 nitrogen and oxygen atoms in total. The van der Waals surface area contributed by atoms with Gasteiger partial charge in [-0.25, -0.2) is 14.5 Å². The van der Waals surface area contributed by atoms with Crippen LogP contribution in [0.3, 0.4) is 0 Å². The van der Waals surface area contributed by atoms with Crippen LogP contribution in [0.2, 0.25) is 0 Å². The van der Waals surface area contributed by atoms with Crippen molar-refractivity contribution < 1.29 is 4.79 Å². The Kier molecular flexibility index (Phi) is 3.95. The van der Waals surface area contributed by atoms with Crippen molar-refractivity contribution in [3.05, 3.63) is 48.4 Å². The van der Waals surface area contributed by atoms with Crippen LogP contribution in [0.15, 0.2) is 37.1 Å². The van der Waals surface area contributed by atoms with E-state index in [0.29, 0.717) is 11.6 Å². The van der Waals surface area contributed by atoms with E-state index in [1.807, 2.05) is 16.9 Å². The second-order valence-electron chi connectivity index (χ2n) is 7.25. The predicted molar refractivity (Wildman–Crippen MR) is 99.7 cm³/mol. The Labute approximate surface area is 156 Å². The predicted octanol–water partition coefficient (Wildman–Crippen LogP) is 1.80. The molecule has 1 saturated carbocycles. The normalized spacial score (nSPS) is 18.0. The van der Waals surface area contributed by atoms with Crippen LogP contribution in [-0.2, 0) is 0 Å². The van der Waals surface area contributed by atoms with Crippen LogP contribution in [-0.4, -0.2) is 49.6 Å². The van der Waals surface area contributed by atoms with Crippen molar-refractivity contribution in [2.75, 3.05) is 18.0 Å². The van der Waals surface area contributed by atoms with Crippen LogP contribution in [0.25, 0.3) is 5.52 Å². The molecule has 1 amide bonds. The Bertz CT molecular complexity index is 959. The first-order valence-corrected chi connectivity index (χ1v) is 9.44. The molecule has 0 spiro atoms. The average molecular weight is 363 g/mol. The van der Waals surface area contributed by atoms with Gasteiger partial charge in [-0.3, -0.25) is 9.78 Å². The molecule has 1 saturated heterocycles. The third kappa shape index (κ3) is 3.22. The van der Waals surface area contributed by atoms with Crippen molar-refractivity contribution in [3.8, 4) is 0 Å². The maximum Gasteiger partial charge on any atom is 0.271 e. The maximum absolute atomic E-state index is 12.3. The molecule has 8 heteroatoms. The number of carbonyl (C=O) groups excluding carboxylic acids is 1. The number of carbonyl (C=O) groups is 1. The summed E-state index contributed by atoms with van der Waals surface area (Å²) in [5.41, 5.74) is 2.61. The van der Waals surface area contributed by atoms with E-state index in [2.05, 4.69) is 31.2 Å². The van der Waals surface area contributed by atoms with Gasteiger partial charge in [-0.1, -0.05) is 0 Å². The summed E-state index contributed by atoms with van der Waals surface area (Å²) in [6.45, 7) is 1.70. The molecular formula is C19H21N7O. The number of fused-ring (bicyclic) bond motifs is 1. The highest BCUT2D eigenvalue weighted by molar-refractivity contribution is 5.92. The van der Waals surface area contributed by atoms with Gasteiger partial charge in [-0.2, -0.15) is 5.10 Å². The lowest BCUT2D eigenvalue weighted by Gasteiger charge is -2.33. The van der Waals surface area contributed by atoms with Gasteiger partial charge in [-0.15, -0.1) is 0 Å². The van der Waals surface area contributed by atoms with E-state index >= 15 is 0 Å². The summed E-state index contributed by atoms with van der Waals surface area (Å²) in [7, 11) is 0. The fourth-order valence-corrected chi connectivity index (χ4v) is 3.66. The molecule has 4 heterocycles. The molecule has 0 aromatic carbocycles. The first kappa shape index (κ1) is 16.2. The van der Waals surface area contributed by atoms with Gasteiger partial charge in [0.1, 0.15) is 11.2 Å². The lowest BCUT2D eigenvalue weighted by atomic mass is 10.0. The lowest BCUT2D eigenvalue weighted by Crippen LogP contribution is -2.45. The number of aromatic nitrogens is 5. The highest BCUT2D eigenvalue weighted by Gasteiger charge is 2.28. The first-order chi connectivity index (χ1) is 13.3. The molecule has 138 valence electrons. The second-order valence-corrected chi connectivity index (χ2v) is 7.25. The van der Waals surface area contributed by atoms with Crippen LogP contribution < -0.4 is 10.2 Å². The average Bonchev–Trinajstić information content (AvgIpc) is 3.47. The van der Waals surface area contributed by atoms with Crippen molar-refractivity contribution >= 4 is 17.2 Å². The number of piperidine rings is 1. The molecule has 1 aliphatic heterocycles. The molecule has 3 aromatic rings. The van der Waals surface area contributed by atoms with E-state index in [1.54, 1.807) is 6.20 Å². The number of nitrogens with one attached hydrogen (secondary N) is 1. The largest absolute Gasteiger partial charge is 0.355 e. The van der Waals surface area contributed by atoms with E-state index in [0.717, 1.165) is 37.3 Å². The summed E-state index contributed by atoms with van der Waals surface area (Å²) in [5.74, 6) is 1.45. The van der Waals surface area contributed by atoms with E-state index in [1.165, 1.54) is 30.9 Å². The molecule has 5 rings (SSSR count). The van der Waals surface area contributed by atoms with E-state index < -0.39 is 0 Å². The Morgan fingerprint density at radius 2 is 1.93 bits per heavy atom. The Hall–Kier alpha value is -3.03. The minimum atomic E-state index is -0.161. The van der Waals surface area contributed by atoms with Crippen molar-refractivity contribution in [3.63, 3.8) is 0 Å². The summed E-state index contributed by atoms with van der Waals surface area (Å²) in [4.78, 5) is 27.2. The Morgan fingerprint density at radius 1 is 1.07 bits per heavy atom. The molecule has 1 aliphatic carbocycles. The molecule has 0 radical (unpaired) electrons. The highest BCUT2D eigenvalue weighted by Crippen LogP contribution is 2.40. The molecule has 0 unspecified atom stereocenters. The Morgan fingerprint density at radius 3 is 2.67 bits per heavy atom. The number of anilines is 1. The van der Waals surface area contributed by atoms with Crippen LogP contribution >= 0.6 is 0 Å². The minimum absolute atomic E-state index is 0.141. The minimum Gasteiger partial charge on any atom is -0.355 e. The standard InChI is InChI=1S/C19H21N7O/c27-19(16-12-20-5-6-21-16)23-14-3-8-25(9-4-14)18-17-11-15(13-1-2-13)24-26(17)10-7-22-18/h5-7,10-14H,1-4,8-9H2,(H,23,27). The van der Waals surface area contributed by atoms with Crippen LogP contribution in [0, 0.1) is 0 Å². The van der Waals surface area contributed by atoms with Crippen molar-refractivity contribution in [2.45, 2.75) is 37.6 Å². The van der Waals surface area contributed by atoms with Gasteiger partial charge in [0, 0.05) is 49.8 Å². The molecule has 27 heavy (non-hydrogen) atoms. The van der Waals surface area contributed by atoms with Gasteiger partial charge in [0.25, 0.3) is 5.91 Å². The molecule has 0 atom stereocenters. The summed E-state index contributed by atoms with van der Waals surface area (Å²) < 4.78 is 1.94. The number of nitrogens with zero attached hydrogens (tertiary/aromatic N) is 6. The van der Waals surface area contributed by atoms with E-state index in [9.17, 15) is 4.79 Å². The summed E-state index contributed by atoms with van der Waals surface area (Å²) in [5, 5.41) is 7.76. The highest BCUT2D eigenvalue weighted by atomic mass is 16.1. The summed E-state index contributed by atoms with van der Waals surface area (Å²) >= 11 is 0. The molecule has 1 N–H and O–H groups in total. The zero-order chi connectivity index (χ0) is 18.2. The molecule has 0 bridgehead atoms. The van der Waals surface area contributed by atoms with Gasteiger partial charge < -0.3 is 10.2 Å². The summed E-state index contributed by atoms with van der Waals surface area (Å²) in [6.07, 6.45) is 12.5. The fraction of sp³-hybridized carbons (Fsp3) is 0.421. The monoisotopic (exact) mass is 363 g/mol. The van der Waals surface area contributed by atoms with Gasteiger partial charge >= 0.3 is 0 Å². The Balaban J connectivity index is 1.27. The molecule has 2 aliphatic rings. The zero-order valence-electron chi connectivity index (χ0n) is 15.0. The van der Waals surface area contributed by atoms with Gasteiger partial charge in [-0.05, 0) is 31.7 Å². The summed E-state index contributed by atoms with van der Waals surface area (Å²) in [6, 6.07) is 2.32. The van der Waals surface area contributed by atoms with Crippen LogP contribution in [0.5, 0.6) is 0 Å². The fourth-order valence-electron chi connectivity index (χ4n) is 3.66. The topological polar surface area (TPSA) is 88.3 Å². The third-order valence-corrected chi connectivity index (χ3v) is 5.31. The second kappa shape index (κ2) is 6.61. The van der Waals surface area contributed by atoms with Gasteiger partial charge in [0.2, 0.25) is 0 Å². The zero-order valence-corrected chi connectivity index (χ0v) is 15.0. The molecular weight excluding hydrogens is 342 g/mol. The van der Waals surface area contributed by atoms with Crippen molar-refractivity contribution in [1.29, 1.82) is 0 Å². The number of rotatable bonds is 4. The molecule has 2 fully saturated rings. The lowest BCUT2D eigenvalue weighted by molar-refractivity contribution is 0.0925. The van der Waals surface area contributed by atoms with Crippen LogP contribution in [0.1, 0.15) is 47.8 Å². The number of amides is 1. The van der Waals surface area contributed by atoms with Crippen LogP contribution in [0.4, 0.5) is 5.82 Å². The number of hydrogen-bond donors (Lipinski definition) is 1. The van der Waals surface area contributed by atoms with E-state index in [-0.39, 0.29) is 11.9 Å². The SMILES string of the molecule is O=C(NC1CCN(c2nccn3nc(C4CC4)cc23)CC1)c1cnccn1. The molecule has 3 aromatic heterocycles. The smallest absolute Gasteiger partial charge is 0.271 e. The first-order valence-electron chi connectivity index (χ1n) is 9.44.